The zero-order valence-electron chi connectivity index (χ0n) is 11.3. The Bertz CT molecular complexity index is 771. The van der Waals surface area contributed by atoms with Crippen molar-refractivity contribution in [3.05, 3.63) is 75.8 Å². The van der Waals surface area contributed by atoms with Gasteiger partial charge in [0, 0.05) is 22.7 Å². The summed E-state index contributed by atoms with van der Waals surface area (Å²) < 4.78 is 0. The van der Waals surface area contributed by atoms with E-state index in [1.807, 2.05) is 24.3 Å². The van der Waals surface area contributed by atoms with Crippen molar-refractivity contribution in [1.29, 1.82) is 0 Å². The van der Waals surface area contributed by atoms with Crippen LogP contribution in [0.2, 0.25) is 0 Å². The number of amides is 1. The summed E-state index contributed by atoms with van der Waals surface area (Å²) in [7, 11) is 0. The number of non-ortho nitro benzene ring substituents is 1. The normalized spacial score (nSPS) is 16.7. The van der Waals surface area contributed by atoms with Gasteiger partial charge in [-0.1, -0.05) is 29.8 Å². The van der Waals surface area contributed by atoms with E-state index < -0.39 is 4.92 Å². The fourth-order valence-corrected chi connectivity index (χ4v) is 2.81. The van der Waals surface area contributed by atoms with Crippen molar-refractivity contribution in [3.8, 4) is 0 Å². The van der Waals surface area contributed by atoms with Crippen molar-refractivity contribution >= 4 is 34.4 Å². The average molecular weight is 315 g/mol. The molecule has 0 N–H and O–H groups in total. The van der Waals surface area contributed by atoms with Crippen molar-refractivity contribution < 1.29 is 9.72 Å². The molecule has 0 radical (unpaired) electrons. The Morgan fingerprint density at radius 1 is 1.14 bits per heavy atom. The van der Waals surface area contributed by atoms with Gasteiger partial charge in [-0.2, -0.15) is 0 Å². The van der Waals surface area contributed by atoms with E-state index >= 15 is 0 Å². The number of carbonyl (C=O) groups is 1. The second-order valence-corrected chi connectivity index (χ2v) is 5.25. The van der Waals surface area contributed by atoms with Gasteiger partial charge in [0.15, 0.2) is 0 Å². The number of fused-ring (bicyclic) bond motifs is 1. The summed E-state index contributed by atoms with van der Waals surface area (Å²) in [5.74, 6) is 0. The summed E-state index contributed by atoms with van der Waals surface area (Å²) >= 11 is 6.31. The number of anilines is 1. The maximum atomic E-state index is 11.5. The van der Waals surface area contributed by atoms with Gasteiger partial charge in [-0.15, -0.1) is 0 Å². The van der Waals surface area contributed by atoms with E-state index in [-0.39, 0.29) is 11.7 Å². The third-order valence-corrected chi connectivity index (χ3v) is 3.93. The Kier molecular flexibility index (Phi) is 3.65. The molecule has 110 valence electrons. The molecule has 2 aromatic rings. The zero-order chi connectivity index (χ0) is 15.7. The monoisotopic (exact) mass is 314 g/mol. The van der Waals surface area contributed by atoms with Crippen molar-refractivity contribution in [3.63, 3.8) is 0 Å². The Hall–Kier alpha value is -2.66. The molecule has 1 aliphatic rings. The molecule has 6 heteroatoms. The van der Waals surface area contributed by atoms with Crippen LogP contribution in [0.3, 0.4) is 0 Å². The van der Waals surface area contributed by atoms with E-state index in [9.17, 15) is 14.9 Å². The van der Waals surface area contributed by atoms with Crippen molar-refractivity contribution in [2.45, 2.75) is 6.04 Å². The van der Waals surface area contributed by atoms with Crippen LogP contribution in [-0.4, -0.2) is 11.3 Å². The molecule has 0 aromatic heterocycles. The van der Waals surface area contributed by atoms with Gasteiger partial charge >= 0.3 is 0 Å². The largest absolute Gasteiger partial charge is 0.303 e. The van der Waals surface area contributed by atoms with Crippen LogP contribution in [0.4, 0.5) is 11.4 Å². The lowest BCUT2D eigenvalue weighted by molar-refractivity contribution is -0.384. The lowest BCUT2D eigenvalue weighted by Crippen LogP contribution is -2.29. The number of hydrogen-bond acceptors (Lipinski definition) is 3. The molecule has 22 heavy (non-hydrogen) atoms. The molecule has 1 heterocycles. The predicted octanol–water partition coefficient (Wildman–Crippen LogP) is 3.89. The summed E-state index contributed by atoms with van der Waals surface area (Å²) in [5, 5.41) is 11.3. The summed E-state index contributed by atoms with van der Waals surface area (Å²) in [5.41, 5.74) is 2.26. The summed E-state index contributed by atoms with van der Waals surface area (Å²) in [4.78, 5) is 23.4. The smallest absolute Gasteiger partial charge is 0.269 e. The topological polar surface area (TPSA) is 63.5 Å². The molecule has 0 saturated heterocycles. The SMILES string of the molecule is O=CN1c2ccccc2C(Cl)=CC1c1ccc([N+](=O)[O-])cc1. The van der Waals surface area contributed by atoms with E-state index in [2.05, 4.69) is 0 Å². The first-order chi connectivity index (χ1) is 10.6. The number of carbonyl (C=O) groups excluding carboxylic acids is 1. The Balaban J connectivity index is 2.06. The molecule has 0 fully saturated rings. The number of rotatable bonds is 3. The maximum Gasteiger partial charge on any atom is 0.269 e. The molecule has 0 aliphatic carbocycles. The summed E-state index contributed by atoms with van der Waals surface area (Å²) in [6, 6.07) is 13.1. The van der Waals surface area contributed by atoms with Crippen LogP contribution >= 0.6 is 11.6 Å². The molecule has 0 saturated carbocycles. The lowest BCUT2D eigenvalue weighted by Gasteiger charge is -2.32. The number of halogens is 1. The van der Waals surface area contributed by atoms with E-state index in [1.165, 1.54) is 12.1 Å². The highest BCUT2D eigenvalue weighted by molar-refractivity contribution is 6.49. The standard InChI is InChI=1S/C16H11ClN2O3/c17-14-9-16(11-5-7-12(8-6-11)19(21)22)18(10-20)15-4-2-1-3-13(14)15/h1-10,16H. The molecule has 1 unspecified atom stereocenters. The second kappa shape index (κ2) is 5.61. The lowest BCUT2D eigenvalue weighted by atomic mass is 9.97. The van der Waals surface area contributed by atoms with Crippen LogP contribution in [0.1, 0.15) is 17.2 Å². The number of para-hydroxylation sites is 1. The minimum Gasteiger partial charge on any atom is -0.303 e. The van der Waals surface area contributed by atoms with E-state index in [0.717, 1.165) is 17.5 Å². The van der Waals surface area contributed by atoms with Crippen LogP contribution < -0.4 is 4.90 Å². The molecule has 0 bridgehead atoms. The molecule has 1 atom stereocenters. The molecule has 1 aliphatic heterocycles. The highest BCUT2D eigenvalue weighted by Gasteiger charge is 2.27. The van der Waals surface area contributed by atoms with Crippen LogP contribution in [0, 0.1) is 10.1 Å². The Morgan fingerprint density at radius 2 is 1.82 bits per heavy atom. The van der Waals surface area contributed by atoms with Crippen LogP contribution in [0.5, 0.6) is 0 Å². The van der Waals surface area contributed by atoms with Gasteiger partial charge in [0.1, 0.15) is 0 Å². The Labute approximate surface area is 131 Å². The maximum absolute atomic E-state index is 11.5. The summed E-state index contributed by atoms with van der Waals surface area (Å²) in [6.07, 6.45) is 2.50. The third kappa shape index (κ3) is 2.35. The van der Waals surface area contributed by atoms with Crippen molar-refractivity contribution in [2.75, 3.05) is 4.90 Å². The quantitative estimate of drug-likeness (QED) is 0.490. The number of nitrogens with zero attached hydrogens (tertiary/aromatic N) is 2. The van der Waals surface area contributed by atoms with Gasteiger partial charge in [-0.25, -0.2) is 0 Å². The van der Waals surface area contributed by atoms with Crippen molar-refractivity contribution in [1.82, 2.24) is 0 Å². The van der Waals surface area contributed by atoms with E-state index in [1.54, 1.807) is 23.1 Å². The molecular weight excluding hydrogens is 304 g/mol. The third-order valence-electron chi connectivity index (χ3n) is 3.60. The highest BCUT2D eigenvalue weighted by Crippen LogP contribution is 2.41. The van der Waals surface area contributed by atoms with Gasteiger partial charge in [0.2, 0.25) is 6.41 Å². The van der Waals surface area contributed by atoms with Gasteiger partial charge in [0.05, 0.1) is 16.7 Å². The minimum absolute atomic E-state index is 0.00712. The molecule has 0 spiro atoms. The first-order valence-corrected chi connectivity index (χ1v) is 6.94. The van der Waals surface area contributed by atoms with E-state index in [0.29, 0.717) is 10.7 Å². The van der Waals surface area contributed by atoms with Gasteiger partial charge in [-0.3, -0.25) is 14.9 Å². The van der Waals surface area contributed by atoms with Crippen molar-refractivity contribution in [2.24, 2.45) is 0 Å². The number of nitro benzene ring substituents is 1. The number of hydrogen-bond donors (Lipinski definition) is 0. The number of benzene rings is 2. The average Bonchev–Trinajstić information content (AvgIpc) is 2.55. The predicted molar refractivity (Wildman–Crippen MR) is 84.7 cm³/mol. The molecular formula is C16H11ClN2O3. The zero-order valence-corrected chi connectivity index (χ0v) is 12.1. The fraction of sp³-hybridized carbons (Fsp3) is 0.0625. The van der Waals surface area contributed by atoms with Gasteiger partial charge < -0.3 is 4.90 Å². The van der Waals surface area contributed by atoms with Gasteiger partial charge in [0.25, 0.3) is 5.69 Å². The molecule has 5 nitrogen and oxygen atoms in total. The molecule has 2 aromatic carbocycles. The second-order valence-electron chi connectivity index (χ2n) is 4.84. The fourth-order valence-electron chi connectivity index (χ4n) is 2.53. The molecule has 1 amide bonds. The first-order valence-electron chi connectivity index (χ1n) is 6.56. The first kappa shape index (κ1) is 14.3. The molecule has 3 rings (SSSR count). The number of nitro groups is 1. The van der Waals surface area contributed by atoms with E-state index in [4.69, 9.17) is 11.6 Å². The Morgan fingerprint density at radius 3 is 2.45 bits per heavy atom. The highest BCUT2D eigenvalue weighted by atomic mass is 35.5. The minimum atomic E-state index is -0.458. The summed E-state index contributed by atoms with van der Waals surface area (Å²) in [6.45, 7) is 0. The van der Waals surface area contributed by atoms with Crippen LogP contribution in [-0.2, 0) is 4.79 Å². The van der Waals surface area contributed by atoms with Crippen LogP contribution in [0.15, 0.2) is 54.6 Å². The van der Waals surface area contributed by atoms with Gasteiger partial charge in [-0.05, 0) is 29.8 Å². The van der Waals surface area contributed by atoms with Crippen LogP contribution in [0.25, 0.3) is 5.03 Å².